The van der Waals surface area contributed by atoms with Gasteiger partial charge < -0.3 is 19.6 Å². The summed E-state index contributed by atoms with van der Waals surface area (Å²) in [6.45, 7) is 0. The molecule has 6 heteroatoms. The van der Waals surface area contributed by atoms with Crippen LogP contribution < -0.4 is 19.6 Å². The van der Waals surface area contributed by atoms with Crippen molar-refractivity contribution < 1.29 is 0 Å². The molecule has 0 fully saturated rings. The predicted molar refractivity (Wildman–Crippen MR) is 406 cm³/mol. The molecule has 0 aliphatic heterocycles. The van der Waals surface area contributed by atoms with E-state index in [1.165, 1.54) is 22.3 Å². The first-order valence-electron chi connectivity index (χ1n) is 31.7. The van der Waals surface area contributed by atoms with Crippen molar-refractivity contribution in [3.8, 4) is 44.5 Å². The molecule has 0 unspecified atom stereocenters. The van der Waals surface area contributed by atoms with Crippen LogP contribution in [0.25, 0.3) is 76.8 Å². The van der Waals surface area contributed by atoms with Gasteiger partial charge in [-0.25, -0.2) is 0 Å². The second kappa shape index (κ2) is 25.4. The number of para-hydroxylation sites is 2. The summed E-state index contributed by atoms with van der Waals surface area (Å²) in [5, 5.41) is 6.68. The monoisotopic (exact) mass is 1330 g/mol. The van der Waals surface area contributed by atoms with Crippen molar-refractivity contribution in [1.82, 2.24) is 0 Å². The maximum Gasteiger partial charge on any atom is 0.0561 e. The lowest BCUT2D eigenvalue weighted by atomic mass is 9.89. The molecule has 446 valence electrons. The van der Waals surface area contributed by atoms with Crippen LogP contribution in [0.15, 0.2) is 373 Å². The van der Waals surface area contributed by atoms with Gasteiger partial charge in [-0.3, -0.25) is 0 Å². The number of anilines is 12. The lowest BCUT2D eigenvalue weighted by molar-refractivity contribution is 1.26. The zero-order valence-electron chi connectivity index (χ0n) is 51.2. The third kappa shape index (κ3) is 11.1. The first-order valence-corrected chi connectivity index (χ1v) is 33.3. The highest BCUT2D eigenvalue weighted by atomic mass is 79.9. The average Bonchev–Trinajstić information content (AvgIpc) is 0.703. The number of nitrogens with zero attached hydrogens (tertiary/aromatic N) is 4. The third-order valence-corrected chi connectivity index (χ3v) is 19.0. The van der Waals surface area contributed by atoms with Gasteiger partial charge in [0.2, 0.25) is 0 Å². The van der Waals surface area contributed by atoms with Gasteiger partial charge in [-0.15, -0.1) is 0 Å². The van der Waals surface area contributed by atoms with E-state index in [9.17, 15) is 0 Å². The van der Waals surface area contributed by atoms with E-state index in [-0.39, 0.29) is 0 Å². The molecule has 16 rings (SSSR count). The molecule has 4 nitrogen and oxygen atoms in total. The molecule has 0 heterocycles. The van der Waals surface area contributed by atoms with Crippen LogP contribution in [0.4, 0.5) is 68.2 Å². The molecule has 0 amide bonds. The van der Waals surface area contributed by atoms with Crippen molar-refractivity contribution in [1.29, 1.82) is 0 Å². The van der Waals surface area contributed by atoms with E-state index in [1.807, 2.05) is 0 Å². The van der Waals surface area contributed by atoms with Crippen LogP contribution >= 0.6 is 31.9 Å². The second-order valence-corrected chi connectivity index (χ2v) is 25.3. The first-order chi connectivity index (χ1) is 46.5. The Kier molecular flexibility index (Phi) is 15.6. The van der Waals surface area contributed by atoms with Crippen LogP contribution in [0.3, 0.4) is 0 Å². The molecule has 0 aliphatic rings. The van der Waals surface area contributed by atoms with Crippen molar-refractivity contribution >= 4 is 132 Å². The predicted octanol–water partition coefficient (Wildman–Crippen LogP) is 26.7. The molecule has 0 spiro atoms. The summed E-state index contributed by atoms with van der Waals surface area (Å²) in [7, 11) is 0. The molecule has 0 atom stereocenters. The van der Waals surface area contributed by atoms with E-state index in [0.717, 1.165) is 132 Å². The Morgan fingerprint density at radius 2 is 0.330 bits per heavy atom. The van der Waals surface area contributed by atoms with Crippen molar-refractivity contribution in [3.05, 3.63) is 373 Å². The molecule has 0 saturated carbocycles. The van der Waals surface area contributed by atoms with Crippen LogP contribution in [0.1, 0.15) is 0 Å². The lowest BCUT2D eigenvalue weighted by Gasteiger charge is -2.34. The topological polar surface area (TPSA) is 13.0 Å². The van der Waals surface area contributed by atoms with E-state index >= 15 is 0 Å². The number of halogens is 2. The lowest BCUT2D eigenvalue weighted by Crippen LogP contribution is -2.16. The van der Waals surface area contributed by atoms with Gasteiger partial charge in [-0.05, 0) is 178 Å². The number of benzene rings is 16. The van der Waals surface area contributed by atoms with Crippen molar-refractivity contribution in [3.63, 3.8) is 0 Å². The smallest absolute Gasteiger partial charge is 0.0561 e. The zero-order chi connectivity index (χ0) is 62.9. The molecular weight excluding hydrogens is 1270 g/mol. The highest BCUT2D eigenvalue weighted by Gasteiger charge is 2.30. The number of hydrogen-bond donors (Lipinski definition) is 0. The number of rotatable bonds is 16. The van der Waals surface area contributed by atoms with Crippen LogP contribution in [-0.4, -0.2) is 0 Å². The minimum Gasteiger partial charge on any atom is -0.310 e. The fraction of sp³-hybridized carbons (Fsp3) is 0. The molecule has 94 heavy (non-hydrogen) atoms. The molecule has 0 saturated heterocycles. The molecule has 16 aromatic rings. The largest absolute Gasteiger partial charge is 0.310 e. The molecule has 0 radical (unpaired) electrons. The normalized spacial score (nSPS) is 11.3. The standard InChI is InChI=1S/C88H60Br2N4/c89-69-39-51-77(52-40-69)91(71-27-15-5-16-28-71)83-59-85(93(73-43-31-65(32-44-73)61-19-7-1-8-20-61)74-45-33-66(34-46-74)62-21-9-2-10-22-62)81-57-55-80-84(92(72-29-17-6-18-30-72)78-53-41-70(90)42-54-78)60-86(82-58-56-79(83)87(81)88(80)82)94(75-47-35-67(36-48-75)63-23-11-3-12-24-63)76-49-37-68(38-50-76)64-25-13-4-14-26-64/h1-60H. The molecule has 0 aliphatic carbocycles. The van der Waals surface area contributed by atoms with Gasteiger partial charge in [-0.1, -0.05) is 262 Å². The Hall–Kier alpha value is -11.3. The van der Waals surface area contributed by atoms with E-state index in [4.69, 9.17) is 0 Å². The quantitative estimate of drug-likeness (QED) is 0.0894. The zero-order valence-corrected chi connectivity index (χ0v) is 54.4. The first kappa shape index (κ1) is 57.8. The van der Waals surface area contributed by atoms with Crippen molar-refractivity contribution in [2.75, 3.05) is 19.6 Å². The van der Waals surface area contributed by atoms with Crippen molar-refractivity contribution in [2.24, 2.45) is 0 Å². The van der Waals surface area contributed by atoms with Crippen LogP contribution in [-0.2, 0) is 0 Å². The van der Waals surface area contributed by atoms with Crippen LogP contribution in [0, 0.1) is 0 Å². The maximum atomic E-state index is 3.81. The summed E-state index contributed by atoms with van der Waals surface area (Å²) >= 11 is 7.63. The average molecular weight is 1330 g/mol. The summed E-state index contributed by atoms with van der Waals surface area (Å²) in [5.74, 6) is 0. The second-order valence-electron chi connectivity index (χ2n) is 23.5. The van der Waals surface area contributed by atoms with Gasteiger partial charge in [0.1, 0.15) is 0 Å². The fourth-order valence-electron chi connectivity index (χ4n) is 13.4. The fourth-order valence-corrected chi connectivity index (χ4v) is 14.0. The summed E-state index contributed by atoms with van der Waals surface area (Å²) in [4.78, 5) is 9.81. The van der Waals surface area contributed by atoms with Crippen LogP contribution in [0.2, 0.25) is 0 Å². The van der Waals surface area contributed by atoms with Crippen LogP contribution in [0.5, 0.6) is 0 Å². The minimum absolute atomic E-state index is 1.01. The molecule has 0 N–H and O–H groups in total. The van der Waals surface area contributed by atoms with Gasteiger partial charge >= 0.3 is 0 Å². The third-order valence-electron chi connectivity index (χ3n) is 17.9. The SMILES string of the molecule is Brc1ccc(N(c2ccccc2)c2cc(N(c3ccc(-c4ccccc4)cc3)c3ccc(-c4ccccc4)cc3)c3ccc4c(N(c5ccccc5)c5ccc(Br)cc5)cc(N(c5ccc(-c6ccccc6)cc5)c5ccc(-c6ccccc6)cc5)c5ccc2c3c45)cc1. The Morgan fingerprint density at radius 3 is 0.543 bits per heavy atom. The Balaban J connectivity index is 1.04. The van der Waals surface area contributed by atoms with E-state index in [2.05, 4.69) is 415 Å². The number of hydrogen-bond acceptors (Lipinski definition) is 4. The summed E-state index contributed by atoms with van der Waals surface area (Å²) in [6.07, 6.45) is 0. The van der Waals surface area contributed by atoms with Crippen molar-refractivity contribution in [2.45, 2.75) is 0 Å². The van der Waals surface area contributed by atoms with Gasteiger partial charge in [0.25, 0.3) is 0 Å². The Labute approximate surface area is 565 Å². The van der Waals surface area contributed by atoms with Gasteiger partial charge in [0.15, 0.2) is 0 Å². The summed E-state index contributed by atoms with van der Waals surface area (Å²) < 4.78 is 2.01. The molecule has 0 bridgehead atoms. The van der Waals surface area contributed by atoms with E-state index < -0.39 is 0 Å². The van der Waals surface area contributed by atoms with Gasteiger partial charge in [0, 0.05) is 86.8 Å². The van der Waals surface area contributed by atoms with Gasteiger partial charge in [0.05, 0.1) is 22.7 Å². The molecular formula is C88H60Br2N4. The van der Waals surface area contributed by atoms with E-state index in [1.54, 1.807) is 0 Å². The summed E-state index contributed by atoms with van der Waals surface area (Å²) in [5.41, 5.74) is 21.6. The van der Waals surface area contributed by atoms with E-state index in [0.29, 0.717) is 0 Å². The highest BCUT2D eigenvalue weighted by molar-refractivity contribution is 9.10. The summed E-state index contributed by atoms with van der Waals surface area (Å²) in [6, 6.07) is 132. The van der Waals surface area contributed by atoms with Gasteiger partial charge in [-0.2, -0.15) is 0 Å². The molecule has 0 aromatic heterocycles. The Bertz CT molecular complexity index is 4750. The Morgan fingerprint density at radius 1 is 0.160 bits per heavy atom. The highest BCUT2D eigenvalue weighted by Crippen LogP contribution is 2.55. The minimum atomic E-state index is 1.01. The maximum absolute atomic E-state index is 3.81. The molecule has 16 aromatic carbocycles.